The van der Waals surface area contributed by atoms with E-state index in [1.807, 2.05) is 6.20 Å². The van der Waals surface area contributed by atoms with E-state index in [0.29, 0.717) is 0 Å². The largest absolute Gasteiger partial charge is 0.379 e. The monoisotopic (exact) mass is 266 g/mol. The molecule has 5 nitrogen and oxygen atoms in total. The van der Waals surface area contributed by atoms with Gasteiger partial charge in [-0.15, -0.1) is 0 Å². The van der Waals surface area contributed by atoms with Crippen LogP contribution in [-0.2, 0) is 17.8 Å². The standard InChI is InChI=1S/C14H26N4O/c1-14(2,3)16-12-13-15-4-5-18(13)7-6-17-8-10-19-11-9-17/h4-5,16H,6-12H2,1-3H3. The zero-order valence-electron chi connectivity index (χ0n) is 12.4. The Morgan fingerprint density at radius 2 is 2.00 bits per heavy atom. The number of hydrogen-bond acceptors (Lipinski definition) is 4. The SMILES string of the molecule is CC(C)(C)NCc1nccn1CCN1CCOCC1. The van der Waals surface area contributed by atoms with Crippen molar-refractivity contribution in [1.29, 1.82) is 0 Å². The number of hydrogen-bond donors (Lipinski definition) is 1. The molecule has 1 aromatic rings. The van der Waals surface area contributed by atoms with E-state index in [-0.39, 0.29) is 5.54 Å². The number of morpholine rings is 1. The Labute approximate surface area is 116 Å². The van der Waals surface area contributed by atoms with Crippen molar-refractivity contribution >= 4 is 0 Å². The van der Waals surface area contributed by atoms with Crippen LogP contribution in [0.1, 0.15) is 26.6 Å². The molecule has 1 aliphatic rings. The maximum atomic E-state index is 5.37. The Morgan fingerprint density at radius 3 is 2.68 bits per heavy atom. The van der Waals surface area contributed by atoms with E-state index >= 15 is 0 Å². The highest BCUT2D eigenvalue weighted by Crippen LogP contribution is 2.04. The van der Waals surface area contributed by atoms with Crippen LogP contribution < -0.4 is 5.32 Å². The van der Waals surface area contributed by atoms with Crippen molar-refractivity contribution in [3.8, 4) is 0 Å². The third-order valence-electron chi connectivity index (χ3n) is 3.34. The Kier molecular flexibility index (Phi) is 4.96. The highest BCUT2D eigenvalue weighted by atomic mass is 16.5. The molecule has 0 aromatic carbocycles. The molecule has 0 aliphatic carbocycles. The Balaban J connectivity index is 1.81. The number of nitrogens with zero attached hydrogens (tertiary/aromatic N) is 3. The molecule has 1 fully saturated rings. The van der Waals surface area contributed by atoms with Gasteiger partial charge in [0.1, 0.15) is 5.82 Å². The summed E-state index contributed by atoms with van der Waals surface area (Å²) >= 11 is 0. The predicted octanol–water partition coefficient (Wildman–Crippen LogP) is 1.10. The molecule has 1 saturated heterocycles. The highest BCUT2D eigenvalue weighted by Gasteiger charge is 2.13. The topological polar surface area (TPSA) is 42.3 Å². The molecule has 0 spiro atoms. The summed E-state index contributed by atoms with van der Waals surface area (Å²) in [6.45, 7) is 13.2. The first kappa shape index (κ1) is 14.5. The van der Waals surface area contributed by atoms with Crippen molar-refractivity contribution in [3.05, 3.63) is 18.2 Å². The third kappa shape index (κ3) is 4.93. The van der Waals surface area contributed by atoms with E-state index < -0.39 is 0 Å². The van der Waals surface area contributed by atoms with Gasteiger partial charge in [0, 0.05) is 44.1 Å². The molecule has 2 heterocycles. The first-order valence-electron chi connectivity index (χ1n) is 7.10. The van der Waals surface area contributed by atoms with Gasteiger partial charge >= 0.3 is 0 Å². The summed E-state index contributed by atoms with van der Waals surface area (Å²) < 4.78 is 7.61. The molecular weight excluding hydrogens is 240 g/mol. The summed E-state index contributed by atoms with van der Waals surface area (Å²) in [5.74, 6) is 1.11. The molecule has 1 aliphatic heterocycles. The average Bonchev–Trinajstić information content (AvgIpc) is 2.82. The van der Waals surface area contributed by atoms with Crippen LogP contribution in [0.15, 0.2) is 12.4 Å². The maximum Gasteiger partial charge on any atom is 0.122 e. The van der Waals surface area contributed by atoms with Crippen molar-refractivity contribution in [2.24, 2.45) is 0 Å². The number of aromatic nitrogens is 2. The van der Waals surface area contributed by atoms with Crippen LogP contribution in [0.5, 0.6) is 0 Å². The van der Waals surface area contributed by atoms with E-state index in [4.69, 9.17) is 4.74 Å². The van der Waals surface area contributed by atoms with Crippen LogP contribution in [0.4, 0.5) is 0 Å². The molecule has 0 unspecified atom stereocenters. The minimum atomic E-state index is 0.126. The van der Waals surface area contributed by atoms with Crippen LogP contribution >= 0.6 is 0 Å². The summed E-state index contributed by atoms with van der Waals surface area (Å²) in [5, 5.41) is 3.49. The number of ether oxygens (including phenoxy) is 1. The molecule has 1 N–H and O–H groups in total. The molecule has 0 radical (unpaired) electrons. The zero-order chi connectivity index (χ0) is 13.7. The van der Waals surface area contributed by atoms with Crippen molar-refractivity contribution in [3.63, 3.8) is 0 Å². The molecule has 19 heavy (non-hydrogen) atoms. The summed E-state index contributed by atoms with van der Waals surface area (Å²) in [7, 11) is 0. The first-order valence-corrected chi connectivity index (χ1v) is 7.10. The molecule has 2 rings (SSSR count). The summed E-state index contributed by atoms with van der Waals surface area (Å²) in [4.78, 5) is 6.89. The minimum absolute atomic E-state index is 0.126. The van der Waals surface area contributed by atoms with E-state index in [0.717, 1.165) is 51.8 Å². The normalized spacial score (nSPS) is 17.8. The lowest BCUT2D eigenvalue weighted by molar-refractivity contribution is 0.0363. The van der Waals surface area contributed by atoms with Gasteiger partial charge in [-0.3, -0.25) is 4.90 Å². The quantitative estimate of drug-likeness (QED) is 0.867. The van der Waals surface area contributed by atoms with Gasteiger partial charge in [-0.25, -0.2) is 4.98 Å². The van der Waals surface area contributed by atoms with Gasteiger partial charge in [-0.05, 0) is 20.8 Å². The second-order valence-electron chi connectivity index (χ2n) is 6.09. The number of nitrogens with one attached hydrogen (secondary N) is 1. The molecule has 0 amide bonds. The lowest BCUT2D eigenvalue weighted by Gasteiger charge is -2.27. The van der Waals surface area contributed by atoms with Crippen LogP contribution in [-0.4, -0.2) is 52.8 Å². The van der Waals surface area contributed by atoms with Gasteiger partial charge in [0.2, 0.25) is 0 Å². The van der Waals surface area contributed by atoms with Crippen LogP contribution in [0.25, 0.3) is 0 Å². The predicted molar refractivity (Wildman–Crippen MR) is 76.1 cm³/mol. The smallest absolute Gasteiger partial charge is 0.122 e. The van der Waals surface area contributed by atoms with Gasteiger partial charge in [0.25, 0.3) is 0 Å². The number of imidazole rings is 1. The summed E-state index contributed by atoms with van der Waals surface area (Å²) in [5.41, 5.74) is 0.126. The molecule has 0 bridgehead atoms. The fraction of sp³-hybridized carbons (Fsp3) is 0.786. The van der Waals surface area contributed by atoms with Crippen molar-refractivity contribution in [2.45, 2.75) is 39.4 Å². The lowest BCUT2D eigenvalue weighted by atomic mass is 10.1. The van der Waals surface area contributed by atoms with Gasteiger partial charge in [0.15, 0.2) is 0 Å². The number of rotatable bonds is 5. The van der Waals surface area contributed by atoms with Crippen molar-refractivity contribution in [1.82, 2.24) is 19.8 Å². The molecular formula is C14H26N4O. The van der Waals surface area contributed by atoms with Gasteiger partial charge in [-0.1, -0.05) is 0 Å². The lowest BCUT2D eigenvalue weighted by Crippen LogP contribution is -2.39. The molecule has 5 heteroatoms. The van der Waals surface area contributed by atoms with Crippen LogP contribution in [0.3, 0.4) is 0 Å². The van der Waals surface area contributed by atoms with Crippen molar-refractivity contribution < 1.29 is 4.74 Å². The zero-order valence-corrected chi connectivity index (χ0v) is 12.4. The average molecular weight is 266 g/mol. The fourth-order valence-electron chi connectivity index (χ4n) is 2.13. The van der Waals surface area contributed by atoms with Gasteiger partial charge < -0.3 is 14.6 Å². The van der Waals surface area contributed by atoms with Gasteiger partial charge in [-0.2, -0.15) is 0 Å². The van der Waals surface area contributed by atoms with Crippen LogP contribution in [0, 0.1) is 0 Å². The molecule has 108 valence electrons. The fourth-order valence-corrected chi connectivity index (χ4v) is 2.13. The third-order valence-corrected chi connectivity index (χ3v) is 3.34. The van der Waals surface area contributed by atoms with Crippen molar-refractivity contribution in [2.75, 3.05) is 32.8 Å². The maximum absolute atomic E-state index is 5.37. The Bertz CT molecular complexity index is 377. The first-order chi connectivity index (χ1) is 9.04. The van der Waals surface area contributed by atoms with E-state index in [1.165, 1.54) is 0 Å². The summed E-state index contributed by atoms with van der Waals surface area (Å²) in [6, 6.07) is 0. The molecule has 0 saturated carbocycles. The van der Waals surface area contributed by atoms with E-state index in [1.54, 1.807) is 0 Å². The highest BCUT2D eigenvalue weighted by molar-refractivity contribution is 4.93. The van der Waals surface area contributed by atoms with Gasteiger partial charge in [0.05, 0.1) is 19.8 Å². The van der Waals surface area contributed by atoms with Crippen LogP contribution in [0.2, 0.25) is 0 Å². The molecule has 0 atom stereocenters. The summed E-state index contributed by atoms with van der Waals surface area (Å²) in [6.07, 6.45) is 3.96. The Morgan fingerprint density at radius 1 is 1.26 bits per heavy atom. The Hall–Kier alpha value is -0.910. The second kappa shape index (κ2) is 6.50. The van der Waals surface area contributed by atoms with E-state index in [2.05, 4.69) is 46.7 Å². The van der Waals surface area contributed by atoms with E-state index in [9.17, 15) is 0 Å². The second-order valence-corrected chi connectivity index (χ2v) is 6.09. The molecule has 1 aromatic heterocycles. The minimum Gasteiger partial charge on any atom is -0.379 e.